The van der Waals surface area contributed by atoms with Gasteiger partial charge in [0.05, 0.1) is 17.5 Å². The zero-order valence-electron chi connectivity index (χ0n) is 11.0. The summed E-state index contributed by atoms with van der Waals surface area (Å²) in [7, 11) is 0. The molecule has 0 radical (unpaired) electrons. The van der Waals surface area contributed by atoms with E-state index in [1.165, 1.54) is 0 Å². The molecule has 0 saturated carbocycles. The molecule has 106 valence electrons. The molecular weight excluding hydrogens is 334 g/mol. The second-order valence-electron chi connectivity index (χ2n) is 4.58. The van der Waals surface area contributed by atoms with Crippen LogP contribution in [0.5, 0.6) is 0 Å². The molecule has 21 heavy (non-hydrogen) atoms. The average molecular weight is 346 g/mol. The fraction of sp³-hybridized carbons (Fsp3) is 0.133. The maximum Gasteiger partial charge on any atom is 0.305 e. The first kappa shape index (κ1) is 13.8. The molecule has 0 bridgehead atoms. The monoisotopic (exact) mass is 345 g/mol. The minimum atomic E-state index is -0.831. The second kappa shape index (κ2) is 5.65. The van der Waals surface area contributed by atoms with Crippen LogP contribution in [0.15, 0.2) is 47.1 Å². The van der Waals surface area contributed by atoms with Crippen molar-refractivity contribution in [1.29, 1.82) is 0 Å². The van der Waals surface area contributed by atoms with Crippen LogP contribution in [0.1, 0.15) is 6.42 Å². The van der Waals surface area contributed by atoms with Gasteiger partial charge in [0.1, 0.15) is 5.69 Å². The van der Waals surface area contributed by atoms with Crippen LogP contribution in [-0.4, -0.2) is 25.6 Å². The van der Waals surface area contributed by atoms with E-state index in [4.69, 9.17) is 5.11 Å². The first-order valence-corrected chi connectivity index (χ1v) is 7.23. The summed E-state index contributed by atoms with van der Waals surface area (Å²) >= 11 is 3.35. The van der Waals surface area contributed by atoms with Gasteiger partial charge < -0.3 is 9.67 Å². The van der Waals surface area contributed by atoms with Crippen LogP contribution in [0.25, 0.3) is 22.6 Å². The Kier molecular flexibility index (Phi) is 3.70. The molecule has 0 atom stereocenters. The Balaban J connectivity index is 2.13. The van der Waals surface area contributed by atoms with Gasteiger partial charge in [-0.3, -0.25) is 9.78 Å². The lowest BCUT2D eigenvalue weighted by Crippen LogP contribution is -2.06. The van der Waals surface area contributed by atoms with Crippen molar-refractivity contribution in [3.63, 3.8) is 0 Å². The fourth-order valence-corrected chi connectivity index (χ4v) is 2.45. The van der Waals surface area contributed by atoms with Crippen LogP contribution < -0.4 is 0 Å². The molecule has 0 spiro atoms. The summed E-state index contributed by atoms with van der Waals surface area (Å²) in [4.78, 5) is 19.8. The normalized spacial score (nSPS) is 10.9. The minimum Gasteiger partial charge on any atom is -0.481 e. The standard InChI is InChI=1S/C15H12BrN3O2/c16-10-5-6-12(17-9-10)15-18-11-3-1-2-4-13(11)19(15)8-7-14(20)21/h1-6,9H,7-8H2,(H,20,21). The van der Waals surface area contributed by atoms with Crippen LogP contribution in [0.3, 0.4) is 0 Å². The Morgan fingerprint density at radius 1 is 1.24 bits per heavy atom. The van der Waals surface area contributed by atoms with E-state index in [1.54, 1.807) is 6.20 Å². The van der Waals surface area contributed by atoms with Crippen molar-refractivity contribution in [2.75, 3.05) is 0 Å². The first-order valence-electron chi connectivity index (χ1n) is 6.44. The lowest BCUT2D eigenvalue weighted by Gasteiger charge is -2.07. The van der Waals surface area contributed by atoms with E-state index in [9.17, 15) is 4.79 Å². The Labute approximate surface area is 129 Å². The molecular formula is C15H12BrN3O2. The highest BCUT2D eigenvalue weighted by molar-refractivity contribution is 9.10. The number of carboxylic acids is 1. The molecule has 2 heterocycles. The third-order valence-electron chi connectivity index (χ3n) is 3.16. The summed E-state index contributed by atoms with van der Waals surface area (Å²) < 4.78 is 2.79. The average Bonchev–Trinajstić information content (AvgIpc) is 2.84. The first-order chi connectivity index (χ1) is 10.1. The molecule has 5 nitrogen and oxygen atoms in total. The van der Waals surface area contributed by atoms with Crippen LogP contribution in [0, 0.1) is 0 Å². The molecule has 0 fully saturated rings. The number of para-hydroxylation sites is 2. The molecule has 0 aliphatic heterocycles. The highest BCUT2D eigenvalue weighted by atomic mass is 79.9. The number of pyridine rings is 1. The van der Waals surface area contributed by atoms with Crippen LogP contribution in [-0.2, 0) is 11.3 Å². The van der Waals surface area contributed by atoms with Crippen LogP contribution >= 0.6 is 15.9 Å². The van der Waals surface area contributed by atoms with Crippen molar-refractivity contribution >= 4 is 32.9 Å². The number of aromatic nitrogens is 3. The molecule has 0 unspecified atom stereocenters. The number of halogens is 1. The van der Waals surface area contributed by atoms with Crippen molar-refractivity contribution < 1.29 is 9.90 Å². The summed E-state index contributed by atoms with van der Waals surface area (Å²) in [5, 5.41) is 8.93. The van der Waals surface area contributed by atoms with E-state index >= 15 is 0 Å². The predicted octanol–water partition coefficient (Wildman–Crippen LogP) is 3.34. The van der Waals surface area contributed by atoms with E-state index in [2.05, 4.69) is 25.9 Å². The number of rotatable bonds is 4. The molecule has 0 aliphatic carbocycles. The van der Waals surface area contributed by atoms with Crippen molar-refractivity contribution in [3.05, 3.63) is 47.1 Å². The van der Waals surface area contributed by atoms with Crippen LogP contribution in [0.2, 0.25) is 0 Å². The quantitative estimate of drug-likeness (QED) is 0.787. The van der Waals surface area contributed by atoms with Gasteiger partial charge in [0, 0.05) is 17.2 Å². The SMILES string of the molecule is O=C(O)CCn1c(-c2ccc(Br)cn2)nc2ccccc21. The number of nitrogens with zero attached hydrogens (tertiary/aromatic N) is 3. The zero-order chi connectivity index (χ0) is 14.8. The second-order valence-corrected chi connectivity index (χ2v) is 5.50. The van der Waals surface area contributed by atoms with Gasteiger partial charge in [0.15, 0.2) is 5.82 Å². The van der Waals surface area contributed by atoms with E-state index in [0.717, 1.165) is 21.2 Å². The van der Waals surface area contributed by atoms with E-state index in [0.29, 0.717) is 12.4 Å². The van der Waals surface area contributed by atoms with Gasteiger partial charge in [0.25, 0.3) is 0 Å². The number of hydrogen-bond acceptors (Lipinski definition) is 3. The van der Waals surface area contributed by atoms with E-state index in [1.807, 2.05) is 41.0 Å². The highest BCUT2D eigenvalue weighted by Crippen LogP contribution is 2.24. The maximum absolute atomic E-state index is 10.9. The Hall–Kier alpha value is -2.21. The third kappa shape index (κ3) is 2.80. The molecule has 2 aromatic heterocycles. The van der Waals surface area contributed by atoms with Crippen molar-refractivity contribution in [2.24, 2.45) is 0 Å². The molecule has 0 amide bonds. The van der Waals surface area contributed by atoms with Gasteiger partial charge in [-0.2, -0.15) is 0 Å². The summed E-state index contributed by atoms with van der Waals surface area (Å²) in [6.45, 7) is 0.364. The van der Waals surface area contributed by atoms with Gasteiger partial charge in [0.2, 0.25) is 0 Å². The molecule has 1 N–H and O–H groups in total. The number of aryl methyl sites for hydroxylation is 1. The number of aliphatic carboxylic acids is 1. The maximum atomic E-state index is 10.9. The molecule has 3 aromatic rings. The zero-order valence-corrected chi connectivity index (χ0v) is 12.6. The number of hydrogen-bond donors (Lipinski definition) is 1. The fourth-order valence-electron chi connectivity index (χ4n) is 2.21. The topological polar surface area (TPSA) is 68.0 Å². The van der Waals surface area contributed by atoms with Gasteiger partial charge >= 0.3 is 5.97 Å². The number of fused-ring (bicyclic) bond motifs is 1. The Morgan fingerprint density at radius 2 is 2.05 bits per heavy atom. The molecule has 0 aliphatic rings. The van der Waals surface area contributed by atoms with Gasteiger partial charge in [-0.05, 0) is 40.2 Å². The number of imidazole rings is 1. The predicted molar refractivity (Wildman–Crippen MR) is 82.9 cm³/mol. The lowest BCUT2D eigenvalue weighted by molar-refractivity contribution is -0.137. The van der Waals surface area contributed by atoms with Crippen molar-refractivity contribution in [1.82, 2.24) is 14.5 Å². The number of benzene rings is 1. The number of carboxylic acid groups (broad SMARTS) is 1. The number of carbonyl (C=O) groups is 1. The Morgan fingerprint density at radius 3 is 2.76 bits per heavy atom. The summed E-state index contributed by atoms with van der Waals surface area (Å²) in [5.74, 6) is -0.146. The van der Waals surface area contributed by atoms with Crippen molar-refractivity contribution in [3.8, 4) is 11.5 Å². The highest BCUT2D eigenvalue weighted by Gasteiger charge is 2.14. The molecule has 3 rings (SSSR count). The van der Waals surface area contributed by atoms with Gasteiger partial charge in [-0.15, -0.1) is 0 Å². The molecule has 1 aromatic carbocycles. The summed E-state index contributed by atoms with van der Waals surface area (Å²) in [6, 6.07) is 11.4. The smallest absolute Gasteiger partial charge is 0.305 e. The van der Waals surface area contributed by atoms with Gasteiger partial charge in [-0.1, -0.05) is 12.1 Å². The summed E-state index contributed by atoms with van der Waals surface area (Å²) in [6.07, 6.45) is 1.75. The minimum absolute atomic E-state index is 0.0455. The molecule has 0 saturated heterocycles. The summed E-state index contributed by atoms with van der Waals surface area (Å²) in [5.41, 5.74) is 2.47. The largest absolute Gasteiger partial charge is 0.481 e. The van der Waals surface area contributed by atoms with Gasteiger partial charge in [-0.25, -0.2) is 4.98 Å². The Bertz CT molecular complexity index is 796. The third-order valence-corrected chi connectivity index (χ3v) is 3.63. The van der Waals surface area contributed by atoms with E-state index in [-0.39, 0.29) is 6.42 Å². The molecule has 6 heteroatoms. The van der Waals surface area contributed by atoms with E-state index < -0.39 is 5.97 Å². The lowest BCUT2D eigenvalue weighted by atomic mass is 10.3. The van der Waals surface area contributed by atoms with Crippen LogP contribution in [0.4, 0.5) is 0 Å². The van der Waals surface area contributed by atoms with Crippen molar-refractivity contribution in [2.45, 2.75) is 13.0 Å².